The first-order valence-corrected chi connectivity index (χ1v) is 13.7. The lowest BCUT2D eigenvalue weighted by atomic mass is 9.93. The van der Waals surface area contributed by atoms with Crippen LogP contribution in [0.25, 0.3) is 16.3 Å². The highest BCUT2D eigenvalue weighted by Crippen LogP contribution is 2.37. The van der Waals surface area contributed by atoms with Crippen molar-refractivity contribution in [2.24, 2.45) is 16.6 Å². The summed E-state index contributed by atoms with van der Waals surface area (Å²) in [5, 5.41) is 5.81. The van der Waals surface area contributed by atoms with E-state index in [-0.39, 0.29) is 0 Å². The van der Waals surface area contributed by atoms with Gasteiger partial charge in [-0.1, -0.05) is 19.9 Å². The number of nitrogens with zero attached hydrogens (tertiary/aromatic N) is 5. The van der Waals surface area contributed by atoms with E-state index in [1.807, 2.05) is 24.0 Å². The molecule has 1 aliphatic heterocycles. The van der Waals surface area contributed by atoms with E-state index in [1.54, 1.807) is 12.4 Å². The van der Waals surface area contributed by atoms with Gasteiger partial charge in [0.2, 0.25) is 0 Å². The number of benzene rings is 1. The zero-order valence-electron chi connectivity index (χ0n) is 20.6. The van der Waals surface area contributed by atoms with Crippen LogP contribution >= 0.6 is 11.8 Å². The van der Waals surface area contributed by atoms with Crippen LogP contribution in [0.3, 0.4) is 0 Å². The van der Waals surface area contributed by atoms with Crippen molar-refractivity contribution in [1.29, 1.82) is 0 Å². The number of anilines is 3. The molecule has 7 nitrogen and oxygen atoms in total. The van der Waals surface area contributed by atoms with Gasteiger partial charge in [-0.2, -0.15) is 11.8 Å². The summed E-state index contributed by atoms with van der Waals surface area (Å²) in [6.45, 7) is 6.70. The van der Waals surface area contributed by atoms with Crippen molar-refractivity contribution in [3.8, 4) is 0 Å². The summed E-state index contributed by atoms with van der Waals surface area (Å²) in [6.07, 6.45) is 11.5. The molecule has 0 atom stereocenters. The molecule has 0 amide bonds. The number of allylic oxidation sites excluding steroid dienone is 1. The van der Waals surface area contributed by atoms with Gasteiger partial charge >= 0.3 is 0 Å². The summed E-state index contributed by atoms with van der Waals surface area (Å²) in [5.41, 5.74) is 9.14. The highest BCUT2D eigenvalue weighted by atomic mass is 32.2. The molecule has 0 unspecified atom stereocenters. The summed E-state index contributed by atoms with van der Waals surface area (Å²) >= 11 is 1.93. The Kier molecular flexibility index (Phi) is 6.90. The maximum atomic E-state index is 5.83. The number of nitrogens with one attached hydrogen (secondary N) is 1. The zero-order valence-corrected chi connectivity index (χ0v) is 21.4. The first-order chi connectivity index (χ1) is 17.1. The molecule has 0 radical (unpaired) electrons. The van der Waals surface area contributed by atoms with Crippen molar-refractivity contribution < 1.29 is 0 Å². The summed E-state index contributed by atoms with van der Waals surface area (Å²) in [6, 6.07) is 8.94. The third-order valence-corrected chi connectivity index (χ3v) is 7.36. The molecule has 35 heavy (non-hydrogen) atoms. The molecule has 1 saturated carbocycles. The summed E-state index contributed by atoms with van der Waals surface area (Å²) in [4.78, 5) is 20.8. The van der Waals surface area contributed by atoms with Crippen LogP contribution in [0.1, 0.15) is 44.0 Å². The molecule has 2 aliphatic rings. The topological polar surface area (TPSA) is 92.3 Å². The second-order valence-electron chi connectivity index (χ2n) is 9.69. The average Bonchev–Trinajstić information content (AvgIpc) is 3.66. The van der Waals surface area contributed by atoms with E-state index in [0.717, 1.165) is 37.7 Å². The normalized spacial score (nSPS) is 16.9. The predicted molar refractivity (Wildman–Crippen MR) is 149 cm³/mol. The molecule has 3 aromatic rings. The van der Waals surface area contributed by atoms with Crippen molar-refractivity contribution in [3.63, 3.8) is 0 Å². The third-order valence-electron chi connectivity index (χ3n) is 6.55. The summed E-state index contributed by atoms with van der Waals surface area (Å²) in [7, 11) is 0. The first kappa shape index (κ1) is 23.6. The Labute approximate surface area is 211 Å². The molecule has 3 heterocycles. The minimum Gasteiger partial charge on any atom is -0.404 e. The fraction of sp³-hybridized carbons (Fsp3) is 0.407. The number of hydrogen-bond donors (Lipinski definition) is 2. The number of aliphatic imine (C=N–C) groups is 1. The van der Waals surface area contributed by atoms with Crippen molar-refractivity contribution in [1.82, 2.24) is 15.0 Å². The molecule has 1 saturated heterocycles. The molecular formula is C27H33N7S. The van der Waals surface area contributed by atoms with E-state index in [9.17, 15) is 0 Å². The monoisotopic (exact) mass is 487 g/mol. The van der Waals surface area contributed by atoms with Crippen LogP contribution < -0.4 is 16.0 Å². The second kappa shape index (κ2) is 10.2. The average molecular weight is 488 g/mol. The third kappa shape index (κ3) is 5.27. The van der Waals surface area contributed by atoms with Crippen molar-refractivity contribution in [3.05, 3.63) is 54.2 Å². The fourth-order valence-corrected chi connectivity index (χ4v) is 5.17. The lowest BCUT2D eigenvalue weighted by Crippen LogP contribution is -2.48. The Bertz CT molecular complexity index is 1260. The maximum absolute atomic E-state index is 5.83. The number of rotatable bonds is 9. The van der Waals surface area contributed by atoms with Gasteiger partial charge < -0.3 is 16.0 Å². The van der Waals surface area contributed by atoms with E-state index in [4.69, 9.17) is 10.7 Å². The Balaban J connectivity index is 1.42. The van der Waals surface area contributed by atoms with E-state index in [2.05, 4.69) is 63.5 Å². The number of fused-ring (bicyclic) bond motifs is 1. The highest BCUT2D eigenvalue weighted by Gasteiger charge is 2.28. The zero-order chi connectivity index (χ0) is 24.4. The Hall–Kier alpha value is -3.13. The lowest BCUT2D eigenvalue weighted by molar-refractivity contribution is 0.456. The quantitative estimate of drug-likeness (QED) is 0.400. The molecule has 5 rings (SSSR count). The van der Waals surface area contributed by atoms with Crippen molar-refractivity contribution >= 4 is 51.6 Å². The van der Waals surface area contributed by atoms with Crippen LogP contribution in [0, 0.1) is 5.92 Å². The van der Waals surface area contributed by atoms with Crippen LogP contribution in [0.4, 0.5) is 17.3 Å². The van der Waals surface area contributed by atoms with E-state index in [1.165, 1.54) is 34.0 Å². The molecule has 182 valence electrons. The Morgan fingerprint density at radius 1 is 1.20 bits per heavy atom. The van der Waals surface area contributed by atoms with E-state index < -0.39 is 0 Å². The van der Waals surface area contributed by atoms with Crippen molar-refractivity contribution in [2.45, 2.75) is 38.6 Å². The van der Waals surface area contributed by atoms with Crippen LogP contribution in [-0.2, 0) is 0 Å². The number of thioether (sulfide) groups is 1. The number of hydrogen-bond acceptors (Lipinski definition) is 8. The molecule has 2 fully saturated rings. The molecule has 1 aliphatic carbocycles. The molecule has 2 aromatic heterocycles. The van der Waals surface area contributed by atoms with Gasteiger partial charge in [0.15, 0.2) is 5.82 Å². The molecule has 0 spiro atoms. The van der Waals surface area contributed by atoms with Crippen LogP contribution in [0.5, 0.6) is 0 Å². The maximum Gasteiger partial charge on any atom is 0.164 e. The smallest absolute Gasteiger partial charge is 0.164 e. The molecule has 3 N–H and O–H groups in total. The number of aromatic nitrogens is 3. The number of pyridine rings is 1. The van der Waals surface area contributed by atoms with Gasteiger partial charge in [0, 0.05) is 54.9 Å². The Morgan fingerprint density at radius 3 is 2.74 bits per heavy atom. The lowest BCUT2D eigenvalue weighted by Gasteiger charge is -2.41. The summed E-state index contributed by atoms with van der Waals surface area (Å²) < 4.78 is 0. The van der Waals surface area contributed by atoms with Gasteiger partial charge in [0.25, 0.3) is 0 Å². The van der Waals surface area contributed by atoms with Gasteiger partial charge in [-0.15, -0.1) is 0 Å². The molecule has 0 bridgehead atoms. The molecule has 1 aromatic carbocycles. The SMILES string of the molecule is CSCC1CN(c2ccc(C(C)C)c3cc(Nc4ccnc(C(C=NC5CC5)=CN)n4)ncc23)C1. The molecular weight excluding hydrogens is 454 g/mol. The Morgan fingerprint density at radius 2 is 2.03 bits per heavy atom. The van der Waals surface area contributed by atoms with Crippen LogP contribution in [0.15, 0.2) is 47.9 Å². The number of nitrogens with two attached hydrogens (primary N) is 1. The largest absolute Gasteiger partial charge is 0.404 e. The van der Waals surface area contributed by atoms with Gasteiger partial charge in [-0.25, -0.2) is 15.0 Å². The minimum atomic E-state index is 0.413. The van der Waals surface area contributed by atoms with Gasteiger partial charge in [-0.05, 0) is 59.9 Å². The second-order valence-corrected chi connectivity index (χ2v) is 10.6. The van der Waals surface area contributed by atoms with Crippen molar-refractivity contribution in [2.75, 3.05) is 35.3 Å². The van der Waals surface area contributed by atoms with Crippen LogP contribution in [-0.4, -0.2) is 52.3 Å². The van der Waals surface area contributed by atoms with Gasteiger partial charge in [0.05, 0.1) is 11.6 Å². The minimum absolute atomic E-state index is 0.413. The van der Waals surface area contributed by atoms with Gasteiger partial charge in [0.1, 0.15) is 11.6 Å². The first-order valence-electron chi connectivity index (χ1n) is 12.3. The van der Waals surface area contributed by atoms with Gasteiger partial charge in [-0.3, -0.25) is 4.99 Å². The standard InChI is InChI=1S/C27H33N7S/c1-17(2)21-6-7-24(34-14-18(15-34)16-35-3)23-13-31-26(10-22(21)23)32-25-8-9-29-27(33-25)19(11-28)12-30-20-4-5-20/h6-13,17-18,20H,4-5,14-16,28H2,1-3H3,(H,29,31,32,33). The highest BCUT2D eigenvalue weighted by molar-refractivity contribution is 7.98. The van der Waals surface area contributed by atoms with Crippen LogP contribution in [0.2, 0.25) is 0 Å². The fourth-order valence-electron chi connectivity index (χ4n) is 4.49. The van der Waals surface area contributed by atoms with E-state index in [0.29, 0.717) is 29.2 Å². The van der Waals surface area contributed by atoms with E-state index >= 15 is 0 Å². The summed E-state index contributed by atoms with van der Waals surface area (Å²) in [5.74, 6) is 4.38. The predicted octanol–water partition coefficient (Wildman–Crippen LogP) is 5.22. The molecule has 8 heteroatoms.